The molecule has 1 unspecified atom stereocenters. The first-order valence-electron chi connectivity index (χ1n) is 9.43. The van der Waals surface area contributed by atoms with Crippen molar-refractivity contribution in [2.45, 2.75) is 39.8 Å². The molecular formula is C21H27NO5S2. The Morgan fingerprint density at radius 2 is 1.59 bits per heavy atom. The van der Waals surface area contributed by atoms with E-state index in [9.17, 15) is 16.8 Å². The highest BCUT2D eigenvalue weighted by molar-refractivity contribution is 7.92. The van der Waals surface area contributed by atoms with E-state index in [1.807, 2.05) is 44.2 Å². The summed E-state index contributed by atoms with van der Waals surface area (Å²) in [6.07, 6.45) is 2.24. The first-order chi connectivity index (χ1) is 13.7. The summed E-state index contributed by atoms with van der Waals surface area (Å²) in [5.41, 5.74) is 1.54. The minimum absolute atomic E-state index is 0.122. The van der Waals surface area contributed by atoms with Gasteiger partial charge < -0.3 is 4.18 Å². The summed E-state index contributed by atoms with van der Waals surface area (Å²) in [5, 5.41) is 1.22. The number of nitrogens with zero attached hydrogens (tertiary/aromatic N) is 1. The van der Waals surface area contributed by atoms with E-state index in [0.717, 1.165) is 11.1 Å². The Morgan fingerprint density at radius 1 is 0.966 bits per heavy atom. The summed E-state index contributed by atoms with van der Waals surface area (Å²) in [4.78, 5) is 0. The van der Waals surface area contributed by atoms with Crippen molar-refractivity contribution < 1.29 is 21.0 Å². The maximum Gasteiger partial charge on any atom is 0.308 e. The van der Waals surface area contributed by atoms with Crippen molar-refractivity contribution in [1.29, 1.82) is 0 Å². The standard InChI is InChI=1S/C21H27NO5S2/c1-4-18(3)22(28(23,24)16-15-19-9-7-6-8-10-19)17-20-11-13-21(14-12-20)27-29(25,26)5-2/h6-16,18H,4-5,17H2,1-3H3. The third-order valence-corrected chi connectivity index (χ3v) is 7.26. The largest absolute Gasteiger partial charge is 0.382 e. The normalized spacial score (nSPS) is 13.7. The smallest absolute Gasteiger partial charge is 0.308 e. The number of hydrogen-bond donors (Lipinski definition) is 0. The Kier molecular flexibility index (Phi) is 8.01. The van der Waals surface area contributed by atoms with E-state index in [0.29, 0.717) is 6.42 Å². The Morgan fingerprint density at radius 3 is 2.14 bits per heavy atom. The van der Waals surface area contributed by atoms with E-state index in [1.165, 1.54) is 28.8 Å². The highest BCUT2D eigenvalue weighted by atomic mass is 32.2. The van der Waals surface area contributed by atoms with E-state index in [1.54, 1.807) is 18.2 Å². The molecule has 0 heterocycles. The van der Waals surface area contributed by atoms with Crippen LogP contribution in [0.3, 0.4) is 0 Å². The molecule has 0 amide bonds. The Labute approximate surface area is 174 Å². The average molecular weight is 438 g/mol. The van der Waals surface area contributed by atoms with Gasteiger partial charge in [-0.05, 0) is 49.6 Å². The summed E-state index contributed by atoms with van der Waals surface area (Å²) in [6.45, 7) is 5.47. The van der Waals surface area contributed by atoms with Crippen LogP contribution in [0, 0.1) is 0 Å². The first-order valence-corrected chi connectivity index (χ1v) is 12.5. The molecular weight excluding hydrogens is 410 g/mol. The van der Waals surface area contributed by atoms with Gasteiger partial charge >= 0.3 is 10.1 Å². The molecule has 1 atom stereocenters. The van der Waals surface area contributed by atoms with Crippen LogP contribution >= 0.6 is 0 Å². The van der Waals surface area contributed by atoms with Gasteiger partial charge in [-0.2, -0.15) is 12.7 Å². The maximum absolute atomic E-state index is 12.9. The number of benzene rings is 2. The number of sulfonamides is 1. The molecule has 158 valence electrons. The zero-order valence-corrected chi connectivity index (χ0v) is 18.5. The molecule has 0 aliphatic carbocycles. The summed E-state index contributed by atoms with van der Waals surface area (Å²) >= 11 is 0. The lowest BCUT2D eigenvalue weighted by molar-refractivity contribution is 0.327. The summed E-state index contributed by atoms with van der Waals surface area (Å²) in [7, 11) is -7.25. The topological polar surface area (TPSA) is 80.8 Å². The van der Waals surface area contributed by atoms with Gasteiger partial charge in [0.2, 0.25) is 10.0 Å². The molecule has 0 N–H and O–H groups in total. The van der Waals surface area contributed by atoms with E-state index in [4.69, 9.17) is 4.18 Å². The molecule has 2 rings (SSSR count). The molecule has 0 bridgehead atoms. The van der Waals surface area contributed by atoms with E-state index < -0.39 is 20.1 Å². The van der Waals surface area contributed by atoms with Crippen LogP contribution in [-0.2, 0) is 26.7 Å². The van der Waals surface area contributed by atoms with Gasteiger partial charge in [0.1, 0.15) is 5.75 Å². The SMILES string of the molecule is CCC(C)N(Cc1ccc(OS(=O)(=O)CC)cc1)S(=O)(=O)C=Cc1ccccc1. The lowest BCUT2D eigenvalue weighted by Crippen LogP contribution is -2.36. The van der Waals surface area contributed by atoms with Crippen LogP contribution < -0.4 is 4.18 Å². The molecule has 0 aromatic heterocycles. The van der Waals surface area contributed by atoms with E-state index in [2.05, 4.69) is 0 Å². The van der Waals surface area contributed by atoms with Crippen LogP contribution in [0.15, 0.2) is 60.0 Å². The second-order valence-corrected chi connectivity index (χ2v) is 10.3. The molecule has 2 aromatic carbocycles. The van der Waals surface area contributed by atoms with Crippen LogP contribution in [0.1, 0.15) is 38.3 Å². The molecule has 8 heteroatoms. The van der Waals surface area contributed by atoms with Gasteiger partial charge in [-0.25, -0.2) is 8.42 Å². The fraction of sp³-hybridized carbons (Fsp3) is 0.333. The minimum atomic E-state index is -3.65. The Balaban J connectivity index is 2.21. The third kappa shape index (κ3) is 6.99. The molecule has 0 saturated heterocycles. The predicted molar refractivity (Wildman–Crippen MR) is 116 cm³/mol. The molecule has 0 spiro atoms. The van der Waals surface area contributed by atoms with Gasteiger partial charge in [-0.3, -0.25) is 0 Å². The third-order valence-electron chi connectivity index (χ3n) is 4.48. The molecule has 0 aliphatic heterocycles. The molecule has 0 fully saturated rings. The van der Waals surface area contributed by atoms with Crippen LogP contribution in [0.2, 0.25) is 0 Å². The van der Waals surface area contributed by atoms with Crippen molar-refractivity contribution in [3.63, 3.8) is 0 Å². The van der Waals surface area contributed by atoms with Gasteiger partial charge in [0.05, 0.1) is 5.75 Å². The van der Waals surface area contributed by atoms with Crippen LogP contribution in [0.5, 0.6) is 5.75 Å². The van der Waals surface area contributed by atoms with Crippen molar-refractivity contribution in [3.05, 3.63) is 71.1 Å². The van der Waals surface area contributed by atoms with Gasteiger partial charge in [-0.15, -0.1) is 0 Å². The lowest BCUT2D eigenvalue weighted by Gasteiger charge is -2.26. The van der Waals surface area contributed by atoms with E-state index in [-0.39, 0.29) is 24.1 Å². The molecule has 0 aliphatic rings. The second kappa shape index (κ2) is 10.0. The van der Waals surface area contributed by atoms with Gasteiger partial charge in [-0.1, -0.05) is 49.4 Å². The Hall–Kier alpha value is -2.16. The number of hydrogen-bond acceptors (Lipinski definition) is 5. The molecule has 2 aromatic rings. The van der Waals surface area contributed by atoms with Crippen LogP contribution in [-0.4, -0.2) is 32.9 Å². The van der Waals surface area contributed by atoms with Crippen molar-refractivity contribution >= 4 is 26.2 Å². The van der Waals surface area contributed by atoms with Gasteiger partial charge in [0, 0.05) is 18.0 Å². The summed E-state index contributed by atoms with van der Waals surface area (Å²) < 4.78 is 55.4. The van der Waals surface area contributed by atoms with Crippen LogP contribution in [0.25, 0.3) is 6.08 Å². The zero-order chi connectivity index (χ0) is 21.5. The Bertz CT molecular complexity index is 1010. The fourth-order valence-corrected chi connectivity index (χ4v) is 4.53. The summed E-state index contributed by atoms with van der Waals surface area (Å²) in [6, 6.07) is 15.5. The predicted octanol–water partition coefficient (Wildman–Crippen LogP) is 4.02. The molecule has 0 saturated carbocycles. The zero-order valence-electron chi connectivity index (χ0n) is 16.9. The van der Waals surface area contributed by atoms with Crippen molar-refractivity contribution in [2.75, 3.05) is 5.75 Å². The fourth-order valence-electron chi connectivity index (χ4n) is 2.54. The highest BCUT2D eigenvalue weighted by Crippen LogP contribution is 2.20. The molecule has 6 nitrogen and oxygen atoms in total. The van der Waals surface area contributed by atoms with Crippen molar-refractivity contribution in [1.82, 2.24) is 4.31 Å². The average Bonchev–Trinajstić information content (AvgIpc) is 2.71. The molecule has 0 radical (unpaired) electrons. The first kappa shape index (κ1) is 23.1. The van der Waals surface area contributed by atoms with Gasteiger partial charge in [0.15, 0.2) is 0 Å². The van der Waals surface area contributed by atoms with Crippen molar-refractivity contribution in [2.24, 2.45) is 0 Å². The van der Waals surface area contributed by atoms with Crippen molar-refractivity contribution in [3.8, 4) is 5.75 Å². The number of rotatable bonds is 10. The monoisotopic (exact) mass is 437 g/mol. The molecule has 29 heavy (non-hydrogen) atoms. The van der Waals surface area contributed by atoms with E-state index >= 15 is 0 Å². The second-order valence-electron chi connectivity index (χ2n) is 6.63. The maximum atomic E-state index is 12.9. The quantitative estimate of drug-likeness (QED) is 0.525. The minimum Gasteiger partial charge on any atom is -0.382 e. The van der Waals surface area contributed by atoms with Gasteiger partial charge in [0.25, 0.3) is 0 Å². The summed E-state index contributed by atoms with van der Waals surface area (Å²) in [5.74, 6) is 0.0836. The highest BCUT2D eigenvalue weighted by Gasteiger charge is 2.24. The van der Waals surface area contributed by atoms with Crippen LogP contribution in [0.4, 0.5) is 0 Å². The lowest BCUT2D eigenvalue weighted by atomic mass is 10.2.